The van der Waals surface area contributed by atoms with Gasteiger partial charge in [0.1, 0.15) is 17.1 Å². The lowest BCUT2D eigenvalue weighted by Gasteiger charge is -2.10. The van der Waals surface area contributed by atoms with Gasteiger partial charge >= 0.3 is 5.97 Å². The number of hydrogen-bond donors (Lipinski definition) is 2. The normalized spacial score (nSPS) is 10.2. The van der Waals surface area contributed by atoms with Crippen LogP contribution in [0.25, 0.3) is 11.1 Å². The molecule has 0 aliphatic carbocycles. The summed E-state index contributed by atoms with van der Waals surface area (Å²) in [4.78, 5) is 14.9. The monoisotopic (exact) mass is 278 g/mol. The summed E-state index contributed by atoms with van der Waals surface area (Å²) >= 11 is 5.94. The number of nitrogens with zero attached hydrogens (tertiary/aromatic N) is 1. The summed E-state index contributed by atoms with van der Waals surface area (Å²) in [5.41, 5.74) is 6.70. The SMILES string of the molecule is COc1ccc(Cl)cc1-c1cnc(N)c(C(=O)O)c1. The minimum atomic E-state index is -1.13. The molecule has 1 aromatic heterocycles. The van der Waals surface area contributed by atoms with Crippen molar-refractivity contribution in [2.45, 2.75) is 0 Å². The lowest BCUT2D eigenvalue weighted by atomic mass is 10.0. The van der Waals surface area contributed by atoms with E-state index in [1.54, 1.807) is 18.2 Å². The third-order valence-electron chi connectivity index (χ3n) is 2.62. The molecule has 0 atom stereocenters. The van der Waals surface area contributed by atoms with Crippen LogP contribution in [-0.4, -0.2) is 23.2 Å². The largest absolute Gasteiger partial charge is 0.496 e. The maximum atomic E-state index is 11.0. The molecule has 0 amide bonds. The molecule has 0 fully saturated rings. The Morgan fingerprint density at radius 2 is 2.16 bits per heavy atom. The number of pyridine rings is 1. The highest BCUT2D eigenvalue weighted by Crippen LogP contribution is 2.33. The second kappa shape index (κ2) is 5.16. The maximum absolute atomic E-state index is 11.0. The van der Waals surface area contributed by atoms with Gasteiger partial charge in [0.05, 0.1) is 7.11 Å². The Morgan fingerprint density at radius 1 is 1.42 bits per heavy atom. The van der Waals surface area contributed by atoms with E-state index in [4.69, 9.17) is 27.2 Å². The Hall–Kier alpha value is -2.27. The zero-order valence-electron chi connectivity index (χ0n) is 10.1. The van der Waals surface area contributed by atoms with Crippen molar-refractivity contribution in [3.05, 3.63) is 41.0 Å². The number of nitrogen functional groups attached to an aromatic ring is 1. The molecule has 0 aliphatic rings. The van der Waals surface area contributed by atoms with Crippen molar-refractivity contribution in [1.29, 1.82) is 0 Å². The molecule has 0 saturated heterocycles. The summed E-state index contributed by atoms with van der Waals surface area (Å²) in [7, 11) is 1.52. The first-order valence-electron chi connectivity index (χ1n) is 5.35. The van der Waals surface area contributed by atoms with Gasteiger partial charge in [-0.25, -0.2) is 9.78 Å². The van der Waals surface area contributed by atoms with Crippen molar-refractivity contribution >= 4 is 23.4 Å². The van der Waals surface area contributed by atoms with E-state index in [0.717, 1.165) is 0 Å². The van der Waals surface area contributed by atoms with Crippen LogP contribution in [0.5, 0.6) is 5.75 Å². The lowest BCUT2D eigenvalue weighted by Crippen LogP contribution is -2.04. The fourth-order valence-corrected chi connectivity index (χ4v) is 1.87. The first-order valence-corrected chi connectivity index (χ1v) is 5.73. The average molecular weight is 279 g/mol. The van der Waals surface area contributed by atoms with Crippen LogP contribution in [0, 0.1) is 0 Å². The summed E-state index contributed by atoms with van der Waals surface area (Å²) in [6.07, 6.45) is 1.48. The quantitative estimate of drug-likeness (QED) is 0.901. The zero-order valence-corrected chi connectivity index (χ0v) is 10.8. The van der Waals surface area contributed by atoms with E-state index in [2.05, 4.69) is 4.98 Å². The molecule has 1 aromatic carbocycles. The van der Waals surface area contributed by atoms with Gasteiger partial charge in [-0.1, -0.05) is 11.6 Å². The van der Waals surface area contributed by atoms with Gasteiger partial charge in [0.15, 0.2) is 0 Å². The van der Waals surface area contributed by atoms with Crippen LogP contribution < -0.4 is 10.5 Å². The van der Waals surface area contributed by atoms with Crippen LogP contribution in [0.3, 0.4) is 0 Å². The van der Waals surface area contributed by atoms with E-state index in [1.807, 2.05) is 0 Å². The van der Waals surface area contributed by atoms with E-state index < -0.39 is 5.97 Å². The summed E-state index contributed by atoms with van der Waals surface area (Å²) in [5.74, 6) is -0.586. The number of aromatic nitrogens is 1. The molecule has 0 radical (unpaired) electrons. The Morgan fingerprint density at radius 3 is 2.79 bits per heavy atom. The number of aromatic carboxylic acids is 1. The molecular weight excluding hydrogens is 268 g/mol. The van der Waals surface area contributed by atoms with Crippen molar-refractivity contribution in [2.75, 3.05) is 12.8 Å². The molecule has 2 aromatic rings. The number of rotatable bonds is 3. The molecule has 0 aliphatic heterocycles. The first-order chi connectivity index (χ1) is 9.02. The molecule has 5 nitrogen and oxygen atoms in total. The predicted octanol–water partition coefficient (Wildman–Crippen LogP) is 2.69. The molecule has 2 rings (SSSR count). The van der Waals surface area contributed by atoms with E-state index in [0.29, 0.717) is 21.9 Å². The van der Waals surface area contributed by atoms with Gasteiger partial charge in [-0.3, -0.25) is 0 Å². The standard InChI is InChI=1S/C13H11ClN2O3/c1-19-11-3-2-8(14)5-9(11)7-4-10(13(17)18)12(15)16-6-7/h2-6H,1H3,(H2,15,16)(H,17,18). The number of hydrogen-bond acceptors (Lipinski definition) is 4. The van der Waals surface area contributed by atoms with Crippen LogP contribution in [0.2, 0.25) is 5.02 Å². The molecule has 1 heterocycles. The molecule has 0 spiro atoms. The van der Waals surface area contributed by atoms with E-state index in [-0.39, 0.29) is 11.4 Å². The summed E-state index contributed by atoms with van der Waals surface area (Å²) in [5, 5.41) is 9.56. The Bertz CT molecular complexity index is 644. The third kappa shape index (κ3) is 2.61. The highest BCUT2D eigenvalue weighted by atomic mass is 35.5. The fraction of sp³-hybridized carbons (Fsp3) is 0.0769. The average Bonchev–Trinajstić information content (AvgIpc) is 2.39. The van der Waals surface area contributed by atoms with Crippen molar-refractivity contribution < 1.29 is 14.6 Å². The number of carboxylic acids is 1. The number of ether oxygens (including phenoxy) is 1. The van der Waals surface area contributed by atoms with Gasteiger partial charge in [0.2, 0.25) is 0 Å². The minimum Gasteiger partial charge on any atom is -0.496 e. The van der Waals surface area contributed by atoms with Gasteiger partial charge in [0.25, 0.3) is 0 Å². The van der Waals surface area contributed by atoms with Crippen LogP contribution in [0.4, 0.5) is 5.82 Å². The van der Waals surface area contributed by atoms with Crippen molar-refractivity contribution in [3.63, 3.8) is 0 Å². The molecule has 98 valence electrons. The van der Waals surface area contributed by atoms with Gasteiger partial charge in [-0.05, 0) is 24.3 Å². The molecular formula is C13H11ClN2O3. The number of nitrogens with two attached hydrogens (primary N) is 1. The maximum Gasteiger partial charge on any atom is 0.339 e. The van der Waals surface area contributed by atoms with Crippen LogP contribution in [-0.2, 0) is 0 Å². The predicted molar refractivity (Wildman–Crippen MR) is 72.6 cm³/mol. The minimum absolute atomic E-state index is 0.0303. The second-order valence-electron chi connectivity index (χ2n) is 3.81. The third-order valence-corrected chi connectivity index (χ3v) is 2.86. The number of halogens is 1. The van der Waals surface area contributed by atoms with E-state index >= 15 is 0 Å². The van der Waals surface area contributed by atoms with Gasteiger partial charge in [0, 0.05) is 22.3 Å². The van der Waals surface area contributed by atoms with Gasteiger partial charge in [-0.2, -0.15) is 0 Å². The Labute approximate surface area is 114 Å². The fourth-order valence-electron chi connectivity index (χ4n) is 1.70. The van der Waals surface area contributed by atoms with Crippen molar-refractivity contribution in [2.24, 2.45) is 0 Å². The van der Waals surface area contributed by atoms with Crippen LogP contribution >= 0.6 is 11.6 Å². The van der Waals surface area contributed by atoms with Crippen LogP contribution in [0.15, 0.2) is 30.5 Å². The van der Waals surface area contributed by atoms with Crippen molar-refractivity contribution in [3.8, 4) is 16.9 Å². The smallest absolute Gasteiger partial charge is 0.339 e. The second-order valence-corrected chi connectivity index (χ2v) is 4.24. The van der Waals surface area contributed by atoms with Crippen LogP contribution in [0.1, 0.15) is 10.4 Å². The number of methoxy groups -OCH3 is 1. The number of benzene rings is 1. The number of carboxylic acid groups (broad SMARTS) is 1. The van der Waals surface area contributed by atoms with Gasteiger partial charge < -0.3 is 15.6 Å². The molecule has 0 unspecified atom stereocenters. The molecule has 19 heavy (non-hydrogen) atoms. The number of carbonyl (C=O) groups is 1. The molecule has 0 saturated carbocycles. The zero-order chi connectivity index (χ0) is 14.0. The Balaban J connectivity index is 2.62. The van der Waals surface area contributed by atoms with E-state index in [1.165, 1.54) is 19.4 Å². The summed E-state index contributed by atoms with van der Waals surface area (Å²) in [6, 6.07) is 6.51. The topological polar surface area (TPSA) is 85.4 Å². The highest BCUT2D eigenvalue weighted by Gasteiger charge is 2.13. The van der Waals surface area contributed by atoms with E-state index in [9.17, 15) is 4.79 Å². The Kier molecular flexibility index (Phi) is 3.57. The number of anilines is 1. The summed E-state index contributed by atoms with van der Waals surface area (Å²) < 4.78 is 5.22. The summed E-state index contributed by atoms with van der Waals surface area (Å²) in [6.45, 7) is 0. The molecule has 3 N–H and O–H groups in total. The lowest BCUT2D eigenvalue weighted by molar-refractivity contribution is 0.0697. The first kappa shape index (κ1) is 13.2. The molecule has 6 heteroatoms. The van der Waals surface area contributed by atoms with Gasteiger partial charge in [-0.15, -0.1) is 0 Å². The highest BCUT2D eigenvalue weighted by molar-refractivity contribution is 6.31. The molecule has 0 bridgehead atoms. The van der Waals surface area contributed by atoms with Crippen molar-refractivity contribution in [1.82, 2.24) is 4.98 Å².